The number of nitrogens with one attached hydrogen (secondary N) is 1. The van der Waals surface area contributed by atoms with E-state index in [1.807, 2.05) is 6.07 Å². The first kappa shape index (κ1) is 24.6. The van der Waals surface area contributed by atoms with E-state index in [2.05, 4.69) is 5.32 Å². The van der Waals surface area contributed by atoms with Gasteiger partial charge in [-0.25, -0.2) is 8.42 Å². The van der Waals surface area contributed by atoms with Gasteiger partial charge in [-0.15, -0.1) is 11.3 Å². The van der Waals surface area contributed by atoms with Crippen molar-refractivity contribution in [3.8, 4) is 0 Å². The summed E-state index contributed by atoms with van der Waals surface area (Å²) in [6, 6.07) is 23.1. The van der Waals surface area contributed by atoms with Crippen molar-refractivity contribution in [2.45, 2.75) is 17.5 Å². The molecule has 1 unspecified atom stereocenters. The number of hydrogen-bond acceptors (Lipinski definition) is 6. The molecule has 4 aromatic rings. The van der Waals surface area contributed by atoms with E-state index in [0.29, 0.717) is 26.6 Å². The van der Waals surface area contributed by atoms with Crippen molar-refractivity contribution in [3.63, 3.8) is 0 Å². The summed E-state index contributed by atoms with van der Waals surface area (Å²) in [5, 5.41) is 12.8. The molecule has 8 nitrogen and oxygen atoms in total. The fraction of sp³-hybridized carbons (Fsp3) is 0.0741. The van der Waals surface area contributed by atoms with Gasteiger partial charge in [-0.05, 0) is 23.8 Å². The number of sulfonamides is 1. The number of aliphatic carboxylic acids is 1. The predicted molar refractivity (Wildman–Crippen MR) is 138 cm³/mol. The van der Waals surface area contributed by atoms with Gasteiger partial charge in [0.15, 0.2) is 5.78 Å². The molecule has 0 fully saturated rings. The molecule has 5 rings (SSSR count). The van der Waals surface area contributed by atoms with E-state index >= 15 is 0 Å². The summed E-state index contributed by atoms with van der Waals surface area (Å²) in [7, 11) is -4.10. The molecular formula is C27H20N2O6S2. The third kappa shape index (κ3) is 4.69. The first-order chi connectivity index (χ1) is 17.8. The summed E-state index contributed by atoms with van der Waals surface area (Å²) < 4.78 is 27.4. The molecule has 1 aliphatic heterocycles. The van der Waals surface area contributed by atoms with Gasteiger partial charge >= 0.3 is 5.97 Å². The Labute approximate surface area is 216 Å². The lowest BCUT2D eigenvalue weighted by atomic mass is 10.0. The molecule has 0 aliphatic carbocycles. The van der Waals surface area contributed by atoms with Gasteiger partial charge in [0.25, 0.3) is 5.91 Å². The molecule has 10 heteroatoms. The highest BCUT2D eigenvalue weighted by Gasteiger charge is 2.44. The molecule has 2 N–H and O–H groups in total. The van der Waals surface area contributed by atoms with Crippen LogP contribution in [0.1, 0.15) is 42.8 Å². The minimum Gasteiger partial charge on any atom is -0.480 e. The zero-order valence-corrected chi connectivity index (χ0v) is 20.8. The van der Waals surface area contributed by atoms with Crippen LogP contribution < -0.4 is 5.32 Å². The Bertz CT molecular complexity index is 1620. The Kier molecular flexibility index (Phi) is 6.46. The number of anilines is 1. The van der Waals surface area contributed by atoms with Gasteiger partial charge in [0, 0.05) is 21.6 Å². The SMILES string of the molecule is O=C(Nc1cc2c(s1)CN(C(C(=O)O)c1ccccc1)S2(=O)=O)c1cccc(C(=O)c2ccccc2)c1. The van der Waals surface area contributed by atoms with E-state index in [9.17, 15) is 27.9 Å². The van der Waals surface area contributed by atoms with E-state index in [1.54, 1.807) is 72.8 Å². The molecule has 1 aromatic heterocycles. The number of benzene rings is 3. The van der Waals surface area contributed by atoms with Gasteiger partial charge in [-0.1, -0.05) is 72.8 Å². The number of ketones is 1. The Hall–Kier alpha value is -4.12. The zero-order valence-electron chi connectivity index (χ0n) is 19.2. The lowest BCUT2D eigenvalue weighted by Gasteiger charge is -2.23. The normalized spacial score (nSPS) is 15.0. The molecule has 1 amide bonds. The Balaban J connectivity index is 1.36. The predicted octanol–water partition coefficient (Wildman–Crippen LogP) is 4.56. The molecule has 3 aromatic carbocycles. The van der Waals surface area contributed by atoms with Crippen molar-refractivity contribution in [2.24, 2.45) is 0 Å². The number of amides is 1. The quantitative estimate of drug-likeness (QED) is 0.337. The van der Waals surface area contributed by atoms with Gasteiger partial charge in [-0.2, -0.15) is 4.31 Å². The van der Waals surface area contributed by atoms with Crippen molar-refractivity contribution in [3.05, 3.63) is 118 Å². The van der Waals surface area contributed by atoms with Crippen molar-refractivity contribution < 1.29 is 27.9 Å². The number of hydrogen-bond donors (Lipinski definition) is 2. The average molecular weight is 533 g/mol. The van der Waals surface area contributed by atoms with Crippen LogP contribution in [0, 0.1) is 0 Å². The second kappa shape index (κ2) is 9.74. The standard InChI is InChI=1S/C27H20N2O6S2/c30-25(18-10-5-2-6-11-18)19-12-7-13-20(14-19)26(31)28-23-15-22-21(36-23)16-29(37(22,34)35)24(27(32)33)17-8-3-1-4-9-17/h1-15,24H,16H2,(H,28,31)(H,32,33). The summed E-state index contributed by atoms with van der Waals surface area (Å²) in [4.78, 5) is 38.1. The van der Waals surface area contributed by atoms with Gasteiger partial charge < -0.3 is 10.4 Å². The van der Waals surface area contributed by atoms with Crippen molar-refractivity contribution in [2.75, 3.05) is 5.32 Å². The monoisotopic (exact) mass is 532 g/mol. The summed E-state index contributed by atoms with van der Waals surface area (Å²) in [6.45, 7) is -0.120. The first-order valence-corrected chi connectivity index (χ1v) is 13.4. The minimum atomic E-state index is -4.10. The van der Waals surface area contributed by atoms with Gasteiger partial charge in [0.2, 0.25) is 10.0 Å². The maximum Gasteiger partial charge on any atom is 0.326 e. The molecular weight excluding hydrogens is 512 g/mol. The summed E-state index contributed by atoms with van der Waals surface area (Å²) >= 11 is 1.07. The number of rotatable bonds is 7. The third-order valence-electron chi connectivity index (χ3n) is 5.95. The summed E-state index contributed by atoms with van der Waals surface area (Å²) in [5.74, 6) is -1.99. The summed E-state index contributed by atoms with van der Waals surface area (Å²) in [5.41, 5.74) is 1.45. The number of carbonyl (C=O) groups excluding carboxylic acids is 2. The molecule has 1 aliphatic rings. The molecule has 1 atom stereocenters. The molecule has 37 heavy (non-hydrogen) atoms. The number of nitrogens with zero attached hydrogens (tertiary/aromatic N) is 1. The van der Waals surface area contributed by atoms with Crippen LogP contribution in [-0.2, 0) is 21.4 Å². The number of carboxylic acids is 1. The number of thiophene rings is 1. The third-order valence-corrected chi connectivity index (χ3v) is 9.00. The number of carboxylic acid groups (broad SMARTS) is 1. The number of fused-ring (bicyclic) bond motifs is 1. The van der Waals surface area contributed by atoms with Crippen molar-refractivity contribution in [1.29, 1.82) is 0 Å². The second-order valence-electron chi connectivity index (χ2n) is 8.33. The van der Waals surface area contributed by atoms with E-state index in [-0.39, 0.29) is 22.8 Å². The average Bonchev–Trinajstić information content (AvgIpc) is 3.41. The minimum absolute atomic E-state index is 0.0250. The highest BCUT2D eigenvalue weighted by Crippen LogP contribution is 2.43. The lowest BCUT2D eigenvalue weighted by molar-refractivity contribution is -0.141. The molecule has 0 bridgehead atoms. The van der Waals surface area contributed by atoms with Crippen molar-refractivity contribution in [1.82, 2.24) is 4.31 Å². The van der Waals surface area contributed by atoms with Crippen LogP contribution >= 0.6 is 11.3 Å². The highest BCUT2D eigenvalue weighted by atomic mass is 32.2. The maximum absolute atomic E-state index is 13.2. The molecule has 186 valence electrons. The van der Waals surface area contributed by atoms with Crippen LogP contribution in [0.4, 0.5) is 5.00 Å². The Morgan fingerprint density at radius 3 is 2.11 bits per heavy atom. The first-order valence-electron chi connectivity index (χ1n) is 11.2. The van der Waals surface area contributed by atoms with Crippen molar-refractivity contribution >= 4 is 44.0 Å². The molecule has 0 saturated carbocycles. The fourth-order valence-corrected chi connectivity index (χ4v) is 7.40. The van der Waals surface area contributed by atoms with Crippen LogP contribution in [0.2, 0.25) is 0 Å². The summed E-state index contributed by atoms with van der Waals surface area (Å²) in [6.07, 6.45) is 0. The van der Waals surface area contributed by atoms with E-state index in [4.69, 9.17) is 0 Å². The Morgan fingerprint density at radius 1 is 0.838 bits per heavy atom. The van der Waals surface area contributed by atoms with Crippen LogP contribution in [-0.4, -0.2) is 35.5 Å². The Morgan fingerprint density at radius 2 is 1.46 bits per heavy atom. The molecule has 0 spiro atoms. The molecule has 2 heterocycles. The van der Waals surface area contributed by atoms with Gasteiger partial charge in [0.05, 0.1) is 16.4 Å². The van der Waals surface area contributed by atoms with Crippen LogP contribution in [0.5, 0.6) is 0 Å². The maximum atomic E-state index is 13.2. The van der Waals surface area contributed by atoms with E-state index in [0.717, 1.165) is 15.6 Å². The zero-order chi connectivity index (χ0) is 26.2. The van der Waals surface area contributed by atoms with E-state index in [1.165, 1.54) is 12.1 Å². The van der Waals surface area contributed by atoms with Gasteiger partial charge in [0.1, 0.15) is 6.04 Å². The number of carbonyl (C=O) groups is 3. The topological polar surface area (TPSA) is 121 Å². The largest absolute Gasteiger partial charge is 0.480 e. The smallest absolute Gasteiger partial charge is 0.326 e. The van der Waals surface area contributed by atoms with E-state index < -0.39 is 27.9 Å². The molecule has 0 radical (unpaired) electrons. The highest BCUT2D eigenvalue weighted by molar-refractivity contribution is 7.89. The molecule has 0 saturated heterocycles. The fourth-order valence-electron chi connectivity index (χ4n) is 4.19. The second-order valence-corrected chi connectivity index (χ2v) is 11.3. The van der Waals surface area contributed by atoms with Crippen LogP contribution in [0.3, 0.4) is 0 Å². The van der Waals surface area contributed by atoms with Gasteiger partial charge in [-0.3, -0.25) is 14.4 Å². The lowest BCUT2D eigenvalue weighted by Crippen LogP contribution is -2.34. The van der Waals surface area contributed by atoms with Crippen LogP contribution in [0.15, 0.2) is 95.9 Å². The van der Waals surface area contributed by atoms with Crippen LogP contribution in [0.25, 0.3) is 0 Å².